The van der Waals surface area contributed by atoms with Gasteiger partial charge in [-0.2, -0.15) is 0 Å². The van der Waals surface area contributed by atoms with E-state index in [2.05, 4.69) is 22.2 Å². The maximum atomic E-state index is 13.3. The lowest BCUT2D eigenvalue weighted by Crippen LogP contribution is -2.14. The molecule has 0 atom stereocenters. The van der Waals surface area contributed by atoms with Crippen LogP contribution in [0.5, 0.6) is 0 Å². The number of allylic oxidation sites excluding steroid dienone is 1. The first kappa shape index (κ1) is 32.7. The van der Waals surface area contributed by atoms with Crippen molar-refractivity contribution in [1.82, 2.24) is 0 Å². The highest BCUT2D eigenvalue weighted by Crippen LogP contribution is 2.29. The largest absolute Gasteiger partial charge is 0.506 e. The van der Waals surface area contributed by atoms with E-state index in [1.165, 1.54) is 42.5 Å². The van der Waals surface area contributed by atoms with E-state index in [1.54, 1.807) is 18.2 Å². The van der Waals surface area contributed by atoms with E-state index in [4.69, 9.17) is 10.2 Å². The molecule has 36 heavy (non-hydrogen) atoms. The van der Waals surface area contributed by atoms with E-state index >= 15 is 0 Å². The van der Waals surface area contributed by atoms with Gasteiger partial charge in [-0.1, -0.05) is 38.1 Å². The zero-order valence-corrected chi connectivity index (χ0v) is 22.8. The number of carbonyl (C=O) groups excluding carboxylic acids is 1. The molecule has 0 saturated carbocycles. The lowest BCUT2D eigenvalue weighted by Gasteiger charge is -2.16. The Morgan fingerprint density at radius 1 is 1.17 bits per heavy atom. The van der Waals surface area contributed by atoms with Gasteiger partial charge in [0.05, 0.1) is 9.77 Å². The summed E-state index contributed by atoms with van der Waals surface area (Å²) in [5.41, 5.74) is 8.05. The van der Waals surface area contributed by atoms with Gasteiger partial charge >= 0.3 is 0 Å². The molecular formula is C27H35FN4O2S2. The van der Waals surface area contributed by atoms with Crippen LogP contribution in [0.25, 0.3) is 0 Å². The summed E-state index contributed by atoms with van der Waals surface area (Å²) in [6.07, 6.45) is 0.390. The van der Waals surface area contributed by atoms with Crippen LogP contribution in [0.3, 0.4) is 0 Å². The Balaban J connectivity index is 0.00000190. The van der Waals surface area contributed by atoms with Crippen LogP contribution in [-0.4, -0.2) is 37.9 Å². The van der Waals surface area contributed by atoms with Gasteiger partial charge < -0.3 is 21.0 Å². The number of carbonyl (C=O) groups is 1. The van der Waals surface area contributed by atoms with Gasteiger partial charge in [0.15, 0.2) is 0 Å². The van der Waals surface area contributed by atoms with Gasteiger partial charge in [0.1, 0.15) is 24.1 Å². The number of anilines is 1. The first-order chi connectivity index (χ1) is 17.5. The van der Waals surface area contributed by atoms with Crippen LogP contribution in [0.4, 0.5) is 10.1 Å². The van der Waals surface area contributed by atoms with Crippen LogP contribution in [0.15, 0.2) is 80.6 Å². The van der Waals surface area contributed by atoms with E-state index in [0.717, 1.165) is 21.7 Å². The van der Waals surface area contributed by atoms with Gasteiger partial charge in [0.2, 0.25) is 0 Å². The van der Waals surface area contributed by atoms with Crippen molar-refractivity contribution in [3.8, 4) is 0 Å². The van der Waals surface area contributed by atoms with Crippen molar-refractivity contribution < 1.29 is 14.3 Å². The SMILES string of the molecule is C=NSc1cc(C)ccc1NC/C(Cc1ccc(F)cc1)=C(\O)C(=N)c1cccs1.C=O.CC.CN. The summed E-state index contributed by atoms with van der Waals surface area (Å²) in [5, 5.41) is 24.5. The third-order valence-corrected chi connectivity index (χ3v) is 6.01. The molecule has 0 fully saturated rings. The van der Waals surface area contributed by atoms with Crippen LogP contribution in [0.1, 0.15) is 29.9 Å². The second-order valence-electron chi connectivity index (χ2n) is 6.68. The number of nitrogens with two attached hydrogens (primary N) is 1. The molecule has 9 heteroatoms. The predicted octanol–water partition coefficient (Wildman–Crippen LogP) is 6.85. The number of rotatable bonds is 9. The summed E-state index contributed by atoms with van der Waals surface area (Å²) in [5.74, 6) is -0.381. The first-order valence-electron chi connectivity index (χ1n) is 11.1. The monoisotopic (exact) mass is 530 g/mol. The lowest BCUT2D eigenvalue weighted by molar-refractivity contribution is -0.0980. The third-order valence-electron chi connectivity index (χ3n) is 4.46. The fourth-order valence-electron chi connectivity index (χ4n) is 2.92. The summed E-state index contributed by atoms with van der Waals surface area (Å²) in [6, 6.07) is 15.8. The maximum Gasteiger partial charge on any atom is 0.143 e. The van der Waals surface area contributed by atoms with E-state index in [-0.39, 0.29) is 17.3 Å². The number of nitrogens with one attached hydrogen (secondary N) is 2. The van der Waals surface area contributed by atoms with E-state index in [0.29, 0.717) is 23.4 Å². The van der Waals surface area contributed by atoms with Crippen molar-refractivity contribution in [2.75, 3.05) is 18.9 Å². The standard InChI is InChI=1S/C23H22FN3OS2.C2H6.CH5N.CH2O/c1-15-5-10-19(21(12-15)30-26-2)27-14-17(13-16-6-8-18(24)9-7-16)23(28)22(25)20-4-3-11-29-20;3*1-2/h3-12,25,27-28H,2,13-14H2,1H3;1-2H3;2H2,1H3;1H2/b23-17-,25-22?;;;. The number of nitrogens with zero attached hydrogens (tertiary/aromatic N) is 1. The van der Waals surface area contributed by atoms with Crippen molar-refractivity contribution in [3.63, 3.8) is 0 Å². The number of hydrogen-bond acceptors (Lipinski definition) is 8. The number of hydrogen-bond donors (Lipinski definition) is 4. The number of aliphatic hydroxyl groups is 1. The van der Waals surface area contributed by atoms with E-state index < -0.39 is 0 Å². The second kappa shape index (κ2) is 19.0. The van der Waals surface area contributed by atoms with Gasteiger partial charge in [-0.05, 0) is 79.5 Å². The molecule has 0 aliphatic rings. The Hall–Kier alpha value is -3.27. The topological polar surface area (TPSA) is 112 Å². The maximum absolute atomic E-state index is 13.3. The zero-order valence-electron chi connectivity index (χ0n) is 21.2. The normalized spacial score (nSPS) is 10.2. The number of aryl methyl sites for hydroxylation is 1. The average molecular weight is 531 g/mol. The highest BCUT2D eigenvalue weighted by atomic mass is 32.2. The van der Waals surface area contributed by atoms with Crippen molar-refractivity contribution in [3.05, 3.63) is 93.1 Å². The minimum absolute atomic E-state index is 0.0718. The Morgan fingerprint density at radius 2 is 1.81 bits per heavy atom. The second-order valence-corrected chi connectivity index (χ2v) is 8.51. The lowest BCUT2D eigenvalue weighted by atomic mass is 10.0. The molecule has 0 aliphatic carbocycles. The Kier molecular flexibility index (Phi) is 17.3. The van der Waals surface area contributed by atoms with Crippen molar-refractivity contribution in [2.45, 2.75) is 32.1 Å². The fourth-order valence-corrected chi connectivity index (χ4v) is 4.21. The number of halogens is 1. The Bertz CT molecular complexity index is 1090. The van der Waals surface area contributed by atoms with Crippen molar-refractivity contribution in [1.29, 1.82) is 5.41 Å². The molecule has 0 bridgehead atoms. The minimum Gasteiger partial charge on any atom is -0.506 e. The van der Waals surface area contributed by atoms with E-state index in [1.807, 2.05) is 57.2 Å². The van der Waals surface area contributed by atoms with Gasteiger partial charge in [-0.15, -0.1) is 11.3 Å². The minimum atomic E-state index is -0.309. The van der Waals surface area contributed by atoms with Gasteiger partial charge in [0.25, 0.3) is 0 Å². The van der Waals surface area contributed by atoms with Crippen LogP contribution in [0.2, 0.25) is 0 Å². The fraction of sp³-hybridized carbons (Fsp3) is 0.222. The molecule has 1 heterocycles. The molecule has 6 nitrogen and oxygen atoms in total. The van der Waals surface area contributed by atoms with Crippen molar-refractivity contribution in [2.24, 2.45) is 10.1 Å². The Morgan fingerprint density at radius 3 is 2.36 bits per heavy atom. The van der Waals surface area contributed by atoms with Crippen molar-refractivity contribution >= 4 is 48.2 Å². The quantitative estimate of drug-likeness (QED) is 0.137. The van der Waals surface area contributed by atoms with Gasteiger partial charge in [-0.25, -0.2) is 8.79 Å². The highest BCUT2D eigenvalue weighted by Gasteiger charge is 2.15. The molecule has 2 aromatic carbocycles. The van der Waals surface area contributed by atoms with Gasteiger partial charge in [-0.3, -0.25) is 5.41 Å². The van der Waals surface area contributed by atoms with Crippen LogP contribution in [-0.2, 0) is 11.2 Å². The Labute approximate surface area is 221 Å². The molecule has 0 spiro atoms. The summed E-state index contributed by atoms with van der Waals surface area (Å²) in [7, 11) is 1.50. The molecular weight excluding hydrogens is 495 g/mol. The molecule has 5 N–H and O–H groups in total. The average Bonchev–Trinajstić information content (AvgIpc) is 3.46. The smallest absolute Gasteiger partial charge is 0.143 e. The number of thiophene rings is 1. The molecule has 0 radical (unpaired) electrons. The zero-order chi connectivity index (χ0) is 27.5. The number of aliphatic hydroxyl groups excluding tert-OH is 1. The number of benzene rings is 2. The molecule has 1 aromatic heterocycles. The molecule has 194 valence electrons. The highest BCUT2D eigenvalue weighted by molar-refractivity contribution is 7.98. The molecule has 0 unspecified atom stereocenters. The van der Waals surface area contributed by atoms with Gasteiger partial charge in [0, 0.05) is 24.2 Å². The summed E-state index contributed by atoms with van der Waals surface area (Å²) >= 11 is 2.68. The molecule has 3 rings (SSSR count). The summed E-state index contributed by atoms with van der Waals surface area (Å²) < 4.78 is 17.2. The molecule has 0 saturated heterocycles. The first-order valence-corrected chi connectivity index (χ1v) is 12.8. The van der Waals surface area contributed by atoms with Crippen LogP contribution >= 0.6 is 23.3 Å². The molecule has 0 aliphatic heterocycles. The molecule has 3 aromatic rings. The summed E-state index contributed by atoms with van der Waals surface area (Å²) in [4.78, 5) is 9.62. The third kappa shape index (κ3) is 10.6. The predicted molar refractivity (Wildman–Crippen MR) is 155 cm³/mol. The van der Waals surface area contributed by atoms with E-state index in [9.17, 15) is 9.50 Å². The van der Waals surface area contributed by atoms with Crippen LogP contribution in [0, 0.1) is 18.2 Å². The molecule has 0 amide bonds. The summed E-state index contributed by atoms with van der Waals surface area (Å²) in [6.45, 7) is 11.9. The van der Waals surface area contributed by atoms with Crippen LogP contribution < -0.4 is 11.1 Å².